The van der Waals surface area contributed by atoms with E-state index >= 15 is 0 Å². The van der Waals surface area contributed by atoms with Crippen molar-refractivity contribution in [2.45, 2.75) is 20.3 Å². The quantitative estimate of drug-likeness (QED) is 0.592. The van der Waals surface area contributed by atoms with Crippen molar-refractivity contribution < 1.29 is 14.3 Å². The first-order valence-electron chi connectivity index (χ1n) is 5.64. The Labute approximate surface area is 100 Å². The standard InChI is InChI=1S/C14H14O3/c1-9(2)8-11-12(14(16)17-13(11)15)10-6-4-3-5-7-10/h3-7,9H,8H2,1-2H3. The first-order valence-corrected chi connectivity index (χ1v) is 5.64. The van der Waals surface area contributed by atoms with Gasteiger partial charge in [0.05, 0.1) is 11.1 Å². The lowest BCUT2D eigenvalue weighted by molar-refractivity contribution is -0.150. The van der Waals surface area contributed by atoms with Crippen molar-refractivity contribution in [3.8, 4) is 0 Å². The van der Waals surface area contributed by atoms with Crippen LogP contribution in [0.3, 0.4) is 0 Å². The van der Waals surface area contributed by atoms with Gasteiger partial charge in [0.1, 0.15) is 0 Å². The van der Waals surface area contributed by atoms with E-state index in [2.05, 4.69) is 4.74 Å². The van der Waals surface area contributed by atoms with Gasteiger partial charge in [-0.1, -0.05) is 44.2 Å². The number of hydrogen-bond donors (Lipinski definition) is 0. The molecule has 0 aliphatic carbocycles. The largest absolute Gasteiger partial charge is 0.386 e. The summed E-state index contributed by atoms with van der Waals surface area (Å²) in [4.78, 5) is 23.3. The predicted molar refractivity (Wildman–Crippen MR) is 63.9 cm³/mol. The molecule has 1 aromatic carbocycles. The monoisotopic (exact) mass is 230 g/mol. The van der Waals surface area contributed by atoms with E-state index in [4.69, 9.17) is 0 Å². The Kier molecular flexibility index (Phi) is 3.09. The van der Waals surface area contributed by atoms with Crippen molar-refractivity contribution in [1.82, 2.24) is 0 Å². The number of benzene rings is 1. The van der Waals surface area contributed by atoms with Crippen molar-refractivity contribution >= 4 is 17.5 Å². The van der Waals surface area contributed by atoms with Gasteiger partial charge in [0.15, 0.2) is 0 Å². The summed E-state index contributed by atoms with van der Waals surface area (Å²) < 4.78 is 4.69. The Hall–Kier alpha value is -1.90. The van der Waals surface area contributed by atoms with Gasteiger partial charge in [-0.25, -0.2) is 9.59 Å². The molecule has 0 amide bonds. The van der Waals surface area contributed by atoms with Gasteiger partial charge in [-0.05, 0) is 17.9 Å². The highest BCUT2D eigenvalue weighted by Crippen LogP contribution is 2.30. The highest BCUT2D eigenvalue weighted by Gasteiger charge is 2.33. The molecule has 0 bridgehead atoms. The Balaban J connectivity index is 2.48. The van der Waals surface area contributed by atoms with Gasteiger partial charge < -0.3 is 4.74 Å². The van der Waals surface area contributed by atoms with E-state index < -0.39 is 11.9 Å². The summed E-state index contributed by atoms with van der Waals surface area (Å²) in [5.74, 6) is -0.721. The topological polar surface area (TPSA) is 43.4 Å². The van der Waals surface area contributed by atoms with Crippen LogP contribution in [-0.2, 0) is 14.3 Å². The fourth-order valence-electron chi connectivity index (χ4n) is 1.91. The first-order chi connectivity index (χ1) is 8.09. The van der Waals surface area contributed by atoms with Crippen LogP contribution in [0.4, 0.5) is 0 Å². The van der Waals surface area contributed by atoms with Crippen LogP contribution in [-0.4, -0.2) is 11.9 Å². The molecule has 88 valence electrons. The molecule has 0 spiro atoms. The third kappa shape index (κ3) is 2.28. The molecule has 0 N–H and O–H groups in total. The molecular weight excluding hydrogens is 216 g/mol. The molecular formula is C14H14O3. The van der Waals surface area contributed by atoms with E-state index in [0.29, 0.717) is 23.5 Å². The molecule has 0 radical (unpaired) electrons. The van der Waals surface area contributed by atoms with Gasteiger partial charge in [0, 0.05) is 0 Å². The number of esters is 2. The van der Waals surface area contributed by atoms with Crippen LogP contribution in [0.1, 0.15) is 25.8 Å². The van der Waals surface area contributed by atoms with E-state index in [0.717, 1.165) is 5.56 Å². The summed E-state index contributed by atoms with van der Waals surface area (Å²) in [5, 5.41) is 0. The molecule has 1 aliphatic heterocycles. The van der Waals surface area contributed by atoms with Gasteiger partial charge >= 0.3 is 11.9 Å². The summed E-state index contributed by atoms with van der Waals surface area (Å²) >= 11 is 0. The van der Waals surface area contributed by atoms with E-state index in [1.807, 2.05) is 44.2 Å². The lowest BCUT2D eigenvalue weighted by Gasteiger charge is -2.05. The van der Waals surface area contributed by atoms with Crippen LogP contribution in [0.15, 0.2) is 35.9 Å². The van der Waals surface area contributed by atoms with Crippen molar-refractivity contribution in [3.63, 3.8) is 0 Å². The second-order valence-electron chi connectivity index (χ2n) is 4.49. The lowest BCUT2D eigenvalue weighted by Crippen LogP contribution is -2.03. The zero-order valence-corrected chi connectivity index (χ0v) is 9.90. The van der Waals surface area contributed by atoms with Crippen molar-refractivity contribution in [1.29, 1.82) is 0 Å². The maximum Gasteiger partial charge on any atom is 0.347 e. The second kappa shape index (κ2) is 4.53. The molecule has 0 unspecified atom stereocenters. The van der Waals surface area contributed by atoms with Crippen LogP contribution >= 0.6 is 0 Å². The van der Waals surface area contributed by atoms with Crippen molar-refractivity contribution in [2.75, 3.05) is 0 Å². The molecule has 3 heteroatoms. The summed E-state index contributed by atoms with van der Waals surface area (Å²) in [7, 11) is 0. The number of carbonyl (C=O) groups is 2. The number of ether oxygens (including phenoxy) is 1. The molecule has 0 aromatic heterocycles. The predicted octanol–water partition coefficient (Wildman–Crippen LogP) is 2.57. The first kappa shape index (κ1) is 11.6. The maximum absolute atomic E-state index is 11.7. The van der Waals surface area contributed by atoms with Gasteiger partial charge in [-0.15, -0.1) is 0 Å². The molecule has 2 rings (SSSR count). The smallest absolute Gasteiger partial charge is 0.347 e. The molecule has 0 saturated carbocycles. The highest BCUT2D eigenvalue weighted by molar-refractivity contribution is 6.30. The van der Waals surface area contributed by atoms with Gasteiger partial charge in [0.25, 0.3) is 0 Å². The van der Waals surface area contributed by atoms with Crippen molar-refractivity contribution in [3.05, 3.63) is 41.5 Å². The number of rotatable bonds is 3. The Morgan fingerprint density at radius 3 is 2.29 bits per heavy atom. The van der Waals surface area contributed by atoms with Gasteiger partial charge in [-0.3, -0.25) is 0 Å². The van der Waals surface area contributed by atoms with Gasteiger partial charge in [0.2, 0.25) is 0 Å². The van der Waals surface area contributed by atoms with Crippen LogP contribution < -0.4 is 0 Å². The summed E-state index contributed by atoms with van der Waals surface area (Å²) in [5.41, 5.74) is 1.67. The fraction of sp³-hybridized carbons (Fsp3) is 0.286. The van der Waals surface area contributed by atoms with Crippen molar-refractivity contribution in [2.24, 2.45) is 5.92 Å². The molecule has 0 atom stereocenters. The lowest BCUT2D eigenvalue weighted by atomic mass is 9.95. The summed E-state index contributed by atoms with van der Waals surface area (Å²) in [6.45, 7) is 4.01. The van der Waals surface area contributed by atoms with Crippen LogP contribution in [0.25, 0.3) is 5.57 Å². The molecule has 0 saturated heterocycles. The highest BCUT2D eigenvalue weighted by atomic mass is 16.6. The molecule has 3 nitrogen and oxygen atoms in total. The van der Waals surface area contributed by atoms with Gasteiger partial charge in [-0.2, -0.15) is 0 Å². The molecule has 1 heterocycles. The minimum absolute atomic E-state index is 0.308. The van der Waals surface area contributed by atoms with E-state index in [1.54, 1.807) is 0 Å². The molecule has 0 fully saturated rings. The molecule has 17 heavy (non-hydrogen) atoms. The number of carbonyl (C=O) groups excluding carboxylic acids is 2. The second-order valence-corrected chi connectivity index (χ2v) is 4.49. The van der Waals surface area contributed by atoms with E-state index in [-0.39, 0.29) is 0 Å². The average Bonchev–Trinajstić information content (AvgIpc) is 2.54. The third-order valence-corrected chi connectivity index (χ3v) is 2.61. The zero-order chi connectivity index (χ0) is 12.4. The fourth-order valence-corrected chi connectivity index (χ4v) is 1.91. The zero-order valence-electron chi connectivity index (χ0n) is 9.90. The summed E-state index contributed by atoms with van der Waals surface area (Å²) in [6.07, 6.45) is 0.564. The average molecular weight is 230 g/mol. The molecule has 1 aliphatic rings. The maximum atomic E-state index is 11.7. The third-order valence-electron chi connectivity index (χ3n) is 2.61. The minimum Gasteiger partial charge on any atom is -0.386 e. The van der Waals surface area contributed by atoms with Crippen LogP contribution in [0.2, 0.25) is 0 Å². The number of hydrogen-bond acceptors (Lipinski definition) is 3. The van der Waals surface area contributed by atoms with E-state index in [1.165, 1.54) is 0 Å². The summed E-state index contributed by atoms with van der Waals surface area (Å²) in [6, 6.07) is 9.18. The molecule has 1 aromatic rings. The SMILES string of the molecule is CC(C)CC1=C(c2ccccc2)C(=O)OC1=O. The Bertz CT molecular complexity index is 483. The normalized spacial score (nSPS) is 15.7. The Morgan fingerprint density at radius 1 is 1.06 bits per heavy atom. The van der Waals surface area contributed by atoms with Crippen LogP contribution in [0.5, 0.6) is 0 Å². The van der Waals surface area contributed by atoms with E-state index in [9.17, 15) is 9.59 Å². The Morgan fingerprint density at radius 2 is 1.71 bits per heavy atom. The number of cyclic esters (lactones) is 2. The van der Waals surface area contributed by atoms with Crippen LogP contribution in [0, 0.1) is 5.92 Å². The minimum atomic E-state index is -0.531.